The Balaban J connectivity index is 1.68. The number of benzene rings is 1. The van der Waals surface area contributed by atoms with Gasteiger partial charge in [0.05, 0.1) is 11.4 Å². The molecule has 1 aliphatic rings. The van der Waals surface area contributed by atoms with Crippen LogP contribution in [0.3, 0.4) is 0 Å². The van der Waals surface area contributed by atoms with Crippen molar-refractivity contribution >= 4 is 23.1 Å². The first-order valence-electron chi connectivity index (χ1n) is 7.46. The van der Waals surface area contributed by atoms with Crippen molar-refractivity contribution in [2.75, 3.05) is 24.3 Å². The van der Waals surface area contributed by atoms with Crippen LogP contribution in [0, 0.1) is 5.82 Å². The molecule has 24 heavy (non-hydrogen) atoms. The topological polar surface area (TPSA) is 66.8 Å². The first-order valence-corrected chi connectivity index (χ1v) is 7.46. The van der Waals surface area contributed by atoms with Gasteiger partial charge in [0, 0.05) is 32.3 Å². The maximum atomic E-state index is 13.3. The molecule has 124 valence electrons. The Bertz CT molecular complexity index is 792. The molecule has 1 aromatic carbocycles. The number of anilines is 2. The van der Waals surface area contributed by atoms with Gasteiger partial charge in [0.15, 0.2) is 5.82 Å². The number of rotatable bonds is 4. The van der Waals surface area contributed by atoms with Crippen LogP contribution in [0.15, 0.2) is 47.8 Å². The fourth-order valence-electron chi connectivity index (χ4n) is 2.42. The van der Waals surface area contributed by atoms with E-state index in [1.165, 1.54) is 12.1 Å². The summed E-state index contributed by atoms with van der Waals surface area (Å²) in [5.74, 6) is -0.0227. The average molecular weight is 328 g/mol. The highest BCUT2D eigenvalue weighted by atomic mass is 19.1. The summed E-state index contributed by atoms with van der Waals surface area (Å²) in [4.78, 5) is 23.7. The highest BCUT2D eigenvalue weighted by molar-refractivity contribution is 6.06. The van der Waals surface area contributed by atoms with Gasteiger partial charge in [-0.1, -0.05) is 17.3 Å². The molecule has 0 spiro atoms. The van der Waals surface area contributed by atoms with Crippen molar-refractivity contribution in [1.29, 1.82) is 0 Å². The number of pyridine rings is 1. The van der Waals surface area contributed by atoms with E-state index in [2.05, 4.69) is 15.5 Å². The van der Waals surface area contributed by atoms with Crippen LogP contribution in [0.25, 0.3) is 0 Å². The molecule has 0 saturated heterocycles. The van der Waals surface area contributed by atoms with Crippen molar-refractivity contribution in [3.63, 3.8) is 0 Å². The molecule has 0 fully saturated rings. The van der Waals surface area contributed by atoms with Crippen LogP contribution in [0.2, 0.25) is 0 Å². The molecule has 0 aliphatic carbocycles. The van der Waals surface area contributed by atoms with Gasteiger partial charge in [0.25, 0.3) is 5.91 Å². The summed E-state index contributed by atoms with van der Waals surface area (Å²) in [6, 6.07) is 9.57. The summed E-state index contributed by atoms with van der Waals surface area (Å²) in [5, 5.41) is 6.71. The third-order valence-corrected chi connectivity index (χ3v) is 3.59. The predicted octanol–water partition coefficient (Wildman–Crippen LogP) is 2.42. The SMILES string of the molecule is CN(C)c1ncccc1NC(=O)[C@@H]1CC(c2cccc(F)c2)=NO1. The van der Waals surface area contributed by atoms with E-state index in [1.807, 2.05) is 14.1 Å². The van der Waals surface area contributed by atoms with Gasteiger partial charge in [-0.2, -0.15) is 0 Å². The second kappa shape index (κ2) is 6.66. The van der Waals surface area contributed by atoms with Crippen molar-refractivity contribution in [1.82, 2.24) is 4.98 Å². The van der Waals surface area contributed by atoms with Gasteiger partial charge in [-0.25, -0.2) is 9.37 Å². The van der Waals surface area contributed by atoms with E-state index in [-0.39, 0.29) is 18.1 Å². The molecule has 0 saturated carbocycles. The average Bonchev–Trinajstić information content (AvgIpc) is 3.05. The minimum Gasteiger partial charge on any atom is -0.382 e. The van der Waals surface area contributed by atoms with Gasteiger partial charge in [0.2, 0.25) is 6.10 Å². The summed E-state index contributed by atoms with van der Waals surface area (Å²) < 4.78 is 13.3. The number of nitrogens with zero attached hydrogens (tertiary/aromatic N) is 3. The molecule has 0 radical (unpaired) electrons. The molecule has 0 bridgehead atoms. The fourth-order valence-corrected chi connectivity index (χ4v) is 2.42. The quantitative estimate of drug-likeness (QED) is 0.936. The second-order valence-electron chi connectivity index (χ2n) is 5.60. The first kappa shape index (κ1) is 15.9. The molecule has 1 aliphatic heterocycles. The molecular weight excluding hydrogens is 311 g/mol. The number of halogens is 1. The van der Waals surface area contributed by atoms with Gasteiger partial charge < -0.3 is 15.1 Å². The van der Waals surface area contributed by atoms with Crippen molar-refractivity contribution in [3.8, 4) is 0 Å². The number of nitrogens with one attached hydrogen (secondary N) is 1. The molecule has 2 aromatic rings. The molecule has 0 unspecified atom stereocenters. The Hall–Kier alpha value is -2.96. The lowest BCUT2D eigenvalue weighted by atomic mass is 10.0. The van der Waals surface area contributed by atoms with E-state index in [9.17, 15) is 9.18 Å². The number of hydrogen-bond acceptors (Lipinski definition) is 5. The van der Waals surface area contributed by atoms with Crippen LogP contribution in [0.1, 0.15) is 12.0 Å². The van der Waals surface area contributed by atoms with E-state index in [1.54, 1.807) is 35.4 Å². The zero-order chi connectivity index (χ0) is 17.1. The molecule has 3 rings (SSSR count). The monoisotopic (exact) mass is 328 g/mol. The van der Waals surface area contributed by atoms with Crippen molar-refractivity contribution in [2.24, 2.45) is 5.16 Å². The molecule has 1 aromatic heterocycles. The van der Waals surface area contributed by atoms with Crippen LogP contribution < -0.4 is 10.2 Å². The number of carbonyl (C=O) groups is 1. The summed E-state index contributed by atoms with van der Waals surface area (Å²) in [6.07, 6.45) is 1.19. The summed E-state index contributed by atoms with van der Waals surface area (Å²) in [6.45, 7) is 0. The first-order chi connectivity index (χ1) is 11.5. The lowest BCUT2D eigenvalue weighted by Crippen LogP contribution is -2.29. The van der Waals surface area contributed by atoms with Gasteiger partial charge in [0.1, 0.15) is 5.82 Å². The van der Waals surface area contributed by atoms with Gasteiger partial charge in [-0.3, -0.25) is 4.79 Å². The summed E-state index contributed by atoms with van der Waals surface area (Å²) in [5.41, 5.74) is 1.75. The van der Waals surface area contributed by atoms with Crippen LogP contribution >= 0.6 is 0 Å². The third-order valence-electron chi connectivity index (χ3n) is 3.59. The number of carbonyl (C=O) groups excluding carboxylic acids is 1. The zero-order valence-corrected chi connectivity index (χ0v) is 13.4. The summed E-state index contributed by atoms with van der Waals surface area (Å²) >= 11 is 0. The predicted molar refractivity (Wildman–Crippen MR) is 89.6 cm³/mol. The molecule has 1 N–H and O–H groups in total. The fraction of sp³-hybridized carbons (Fsp3) is 0.235. The normalized spacial score (nSPS) is 16.3. The number of oxime groups is 1. The molecular formula is C17H17FN4O2. The maximum absolute atomic E-state index is 13.3. The zero-order valence-electron chi connectivity index (χ0n) is 13.4. The van der Waals surface area contributed by atoms with Crippen molar-refractivity contribution in [2.45, 2.75) is 12.5 Å². The standard InChI is InChI=1S/C17H17FN4O2/c1-22(2)16-13(7-4-8-19-16)20-17(23)15-10-14(21-24-15)11-5-3-6-12(18)9-11/h3-9,15H,10H2,1-2H3,(H,20,23)/t15-/m0/s1. The molecule has 2 heterocycles. The lowest BCUT2D eigenvalue weighted by molar-refractivity contribution is -0.125. The minimum atomic E-state index is -0.751. The Morgan fingerprint density at radius 2 is 2.17 bits per heavy atom. The van der Waals surface area contributed by atoms with Crippen LogP contribution in [0.5, 0.6) is 0 Å². The van der Waals surface area contributed by atoms with Gasteiger partial charge in [-0.05, 0) is 24.3 Å². The minimum absolute atomic E-state index is 0.285. The Labute approximate surface area is 138 Å². The second-order valence-corrected chi connectivity index (χ2v) is 5.60. The van der Waals surface area contributed by atoms with Crippen molar-refractivity contribution < 1.29 is 14.0 Å². The molecule has 1 amide bonds. The lowest BCUT2D eigenvalue weighted by Gasteiger charge is -2.17. The van der Waals surface area contributed by atoms with E-state index in [4.69, 9.17) is 4.84 Å². The smallest absolute Gasteiger partial charge is 0.268 e. The Kier molecular flexibility index (Phi) is 4.41. The van der Waals surface area contributed by atoms with E-state index in [0.29, 0.717) is 22.8 Å². The summed E-state index contributed by atoms with van der Waals surface area (Å²) in [7, 11) is 3.68. The number of hydrogen-bond donors (Lipinski definition) is 1. The van der Waals surface area contributed by atoms with Crippen molar-refractivity contribution in [3.05, 3.63) is 54.0 Å². The van der Waals surface area contributed by atoms with Crippen LogP contribution in [-0.4, -0.2) is 36.8 Å². The van der Waals surface area contributed by atoms with Gasteiger partial charge in [-0.15, -0.1) is 0 Å². The van der Waals surface area contributed by atoms with Gasteiger partial charge >= 0.3 is 0 Å². The highest BCUT2D eigenvalue weighted by Crippen LogP contribution is 2.23. The molecule has 6 nitrogen and oxygen atoms in total. The number of aromatic nitrogens is 1. The maximum Gasteiger partial charge on any atom is 0.268 e. The largest absolute Gasteiger partial charge is 0.382 e. The van der Waals surface area contributed by atoms with Crippen LogP contribution in [-0.2, 0) is 9.63 Å². The number of amides is 1. The van der Waals surface area contributed by atoms with Crippen LogP contribution in [0.4, 0.5) is 15.9 Å². The Morgan fingerprint density at radius 1 is 1.33 bits per heavy atom. The highest BCUT2D eigenvalue weighted by Gasteiger charge is 2.29. The Morgan fingerprint density at radius 3 is 2.92 bits per heavy atom. The van der Waals surface area contributed by atoms with E-state index < -0.39 is 6.10 Å². The molecule has 7 heteroatoms. The van der Waals surface area contributed by atoms with E-state index in [0.717, 1.165) is 0 Å². The van der Waals surface area contributed by atoms with E-state index >= 15 is 0 Å². The molecule has 1 atom stereocenters. The third kappa shape index (κ3) is 3.34.